The van der Waals surface area contributed by atoms with E-state index in [2.05, 4.69) is 18.4 Å². The van der Waals surface area contributed by atoms with Crippen molar-refractivity contribution in [2.24, 2.45) is 11.8 Å². The van der Waals surface area contributed by atoms with E-state index in [9.17, 15) is 8.78 Å². The normalized spacial score (nSPS) is 19.2. The van der Waals surface area contributed by atoms with Crippen molar-refractivity contribution in [2.45, 2.75) is 44.9 Å². The number of rotatable bonds is 5. The molecule has 0 radical (unpaired) electrons. The SMILES string of the molecule is C=CCCCC1CCC(C#Cc2ccc(-c3ccc(F)c(F)c3)cc2)CC1. The zero-order valence-corrected chi connectivity index (χ0v) is 15.7. The first-order chi connectivity index (χ1) is 13.2. The van der Waals surface area contributed by atoms with Gasteiger partial charge in [0.05, 0.1) is 0 Å². The van der Waals surface area contributed by atoms with Crippen LogP contribution in [0.25, 0.3) is 11.1 Å². The van der Waals surface area contributed by atoms with Gasteiger partial charge in [0, 0.05) is 11.5 Å². The Morgan fingerprint density at radius 1 is 0.926 bits per heavy atom. The van der Waals surface area contributed by atoms with Crippen LogP contribution in [0.2, 0.25) is 0 Å². The van der Waals surface area contributed by atoms with Gasteiger partial charge in [0.1, 0.15) is 0 Å². The van der Waals surface area contributed by atoms with Crippen LogP contribution in [0.1, 0.15) is 50.5 Å². The summed E-state index contributed by atoms with van der Waals surface area (Å²) >= 11 is 0. The summed E-state index contributed by atoms with van der Waals surface area (Å²) in [6.07, 6.45) is 10.7. The average Bonchev–Trinajstić information content (AvgIpc) is 2.70. The summed E-state index contributed by atoms with van der Waals surface area (Å²) in [6, 6.07) is 11.7. The summed E-state index contributed by atoms with van der Waals surface area (Å²) in [5.74, 6) is 6.42. The number of halogens is 2. The lowest BCUT2D eigenvalue weighted by Gasteiger charge is -2.25. The Bertz CT molecular complexity index is 816. The van der Waals surface area contributed by atoms with Gasteiger partial charge in [0.2, 0.25) is 0 Å². The number of unbranched alkanes of at least 4 members (excludes halogenated alkanes) is 1. The van der Waals surface area contributed by atoms with Crippen LogP contribution >= 0.6 is 0 Å². The van der Waals surface area contributed by atoms with Crippen molar-refractivity contribution >= 4 is 0 Å². The molecule has 140 valence electrons. The Morgan fingerprint density at radius 2 is 1.63 bits per heavy atom. The lowest BCUT2D eigenvalue weighted by molar-refractivity contribution is 0.297. The van der Waals surface area contributed by atoms with Gasteiger partial charge in [-0.2, -0.15) is 0 Å². The molecule has 1 fully saturated rings. The predicted octanol–water partition coefficient (Wildman–Crippen LogP) is 7.15. The molecule has 0 aromatic heterocycles. The molecule has 0 aliphatic heterocycles. The molecule has 2 heteroatoms. The molecule has 0 N–H and O–H groups in total. The van der Waals surface area contributed by atoms with E-state index in [1.54, 1.807) is 6.07 Å². The Labute approximate surface area is 161 Å². The first kappa shape index (κ1) is 19.4. The van der Waals surface area contributed by atoms with Crippen molar-refractivity contribution in [3.63, 3.8) is 0 Å². The van der Waals surface area contributed by atoms with Crippen LogP contribution in [-0.4, -0.2) is 0 Å². The van der Waals surface area contributed by atoms with Gasteiger partial charge >= 0.3 is 0 Å². The molecule has 1 aliphatic rings. The van der Waals surface area contributed by atoms with Crippen molar-refractivity contribution in [3.8, 4) is 23.0 Å². The summed E-state index contributed by atoms with van der Waals surface area (Å²) in [4.78, 5) is 0. The van der Waals surface area contributed by atoms with E-state index in [-0.39, 0.29) is 0 Å². The van der Waals surface area contributed by atoms with Gasteiger partial charge in [0.25, 0.3) is 0 Å². The highest BCUT2D eigenvalue weighted by Gasteiger charge is 2.19. The van der Waals surface area contributed by atoms with Gasteiger partial charge < -0.3 is 0 Å². The number of hydrogen-bond acceptors (Lipinski definition) is 0. The monoisotopic (exact) mass is 364 g/mol. The topological polar surface area (TPSA) is 0 Å². The second-order valence-electron chi connectivity index (χ2n) is 7.41. The smallest absolute Gasteiger partial charge is 0.159 e. The third-order valence-corrected chi connectivity index (χ3v) is 5.43. The van der Waals surface area contributed by atoms with Crippen LogP contribution < -0.4 is 0 Å². The fourth-order valence-corrected chi connectivity index (χ4v) is 3.75. The second-order valence-corrected chi connectivity index (χ2v) is 7.41. The molecule has 27 heavy (non-hydrogen) atoms. The molecular formula is C25H26F2. The maximum atomic E-state index is 13.4. The second kappa shape index (κ2) is 9.51. The zero-order valence-electron chi connectivity index (χ0n) is 15.7. The minimum absolute atomic E-state index is 0.492. The number of allylic oxidation sites excluding steroid dienone is 1. The van der Waals surface area contributed by atoms with Crippen molar-refractivity contribution < 1.29 is 8.78 Å². The van der Waals surface area contributed by atoms with Crippen LogP contribution in [0, 0.1) is 35.3 Å². The quantitative estimate of drug-likeness (QED) is 0.300. The third kappa shape index (κ3) is 5.54. The maximum absolute atomic E-state index is 13.4. The standard InChI is InChI=1S/C25H26F2/c1-2-3-4-5-19-6-8-20(9-7-19)10-11-21-12-14-22(15-13-21)23-16-17-24(26)25(27)18-23/h2,12-20H,1,3-9H2. The molecule has 0 amide bonds. The molecule has 1 saturated carbocycles. The zero-order chi connectivity index (χ0) is 19.1. The van der Waals surface area contributed by atoms with Crippen molar-refractivity contribution in [1.82, 2.24) is 0 Å². The molecule has 1 aliphatic carbocycles. The molecule has 0 spiro atoms. The lowest BCUT2D eigenvalue weighted by Crippen LogP contribution is -2.13. The molecule has 0 saturated heterocycles. The average molecular weight is 364 g/mol. The van der Waals surface area contributed by atoms with Crippen molar-refractivity contribution in [2.75, 3.05) is 0 Å². The van der Waals surface area contributed by atoms with Gasteiger partial charge in [-0.25, -0.2) is 8.78 Å². The van der Waals surface area contributed by atoms with Gasteiger partial charge in [-0.3, -0.25) is 0 Å². The van der Waals surface area contributed by atoms with Crippen LogP contribution in [0.5, 0.6) is 0 Å². The summed E-state index contributed by atoms with van der Waals surface area (Å²) in [6.45, 7) is 3.79. The van der Waals surface area contributed by atoms with Gasteiger partial charge in [-0.05, 0) is 79.8 Å². The number of benzene rings is 2. The van der Waals surface area contributed by atoms with Crippen molar-refractivity contribution in [1.29, 1.82) is 0 Å². The van der Waals surface area contributed by atoms with Crippen LogP contribution in [0.15, 0.2) is 55.1 Å². The molecule has 0 bridgehead atoms. The fourth-order valence-electron chi connectivity index (χ4n) is 3.75. The molecule has 0 unspecified atom stereocenters. The summed E-state index contributed by atoms with van der Waals surface area (Å²) in [5.41, 5.74) is 2.50. The fraction of sp³-hybridized carbons (Fsp3) is 0.360. The highest BCUT2D eigenvalue weighted by molar-refractivity contribution is 5.64. The molecule has 2 aromatic rings. The molecular weight excluding hydrogens is 338 g/mol. The van der Waals surface area contributed by atoms with Crippen LogP contribution in [0.3, 0.4) is 0 Å². The molecule has 2 aromatic carbocycles. The van der Waals surface area contributed by atoms with E-state index in [0.29, 0.717) is 11.5 Å². The lowest BCUT2D eigenvalue weighted by atomic mass is 9.80. The number of hydrogen-bond donors (Lipinski definition) is 0. The van der Waals surface area contributed by atoms with E-state index in [4.69, 9.17) is 0 Å². The van der Waals surface area contributed by atoms with Gasteiger partial charge in [-0.15, -0.1) is 6.58 Å². The molecule has 3 rings (SSSR count). The first-order valence-electron chi connectivity index (χ1n) is 9.83. The summed E-state index contributed by atoms with van der Waals surface area (Å²) in [7, 11) is 0. The highest BCUT2D eigenvalue weighted by atomic mass is 19.2. The highest BCUT2D eigenvalue weighted by Crippen LogP contribution is 2.31. The Hall–Kier alpha value is -2.40. The molecule has 0 nitrogen and oxygen atoms in total. The summed E-state index contributed by atoms with van der Waals surface area (Å²) < 4.78 is 26.4. The summed E-state index contributed by atoms with van der Waals surface area (Å²) in [5, 5.41) is 0. The van der Waals surface area contributed by atoms with E-state index in [1.165, 1.54) is 44.6 Å². The maximum Gasteiger partial charge on any atom is 0.159 e. The first-order valence-corrected chi connectivity index (χ1v) is 9.83. The van der Waals surface area contributed by atoms with E-state index < -0.39 is 11.6 Å². The van der Waals surface area contributed by atoms with Crippen molar-refractivity contribution in [3.05, 3.63) is 72.3 Å². The Morgan fingerprint density at radius 3 is 2.30 bits per heavy atom. The third-order valence-electron chi connectivity index (χ3n) is 5.43. The Kier molecular flexibility index (Phi) is 6.82. The van der Waals surface area contributed by atoms with E-state index >= 15 is 0 Å². The molecule has 0 heterocycles. The predicted molar refractivity (Wildman–Crippen MR) is 108 cm³/mol. The van der Waals surface area contributed by atoms with Gasteiger partial charge in [0.15, 0.2) is 11.6 Å². The largest absolute Gasteiger partial charge is 0.204 e. The Balaban J connectivity index is 1.55. The van der Waals surface area contributed by atoms with Crippen LogP contribution in [-0.2, 0) is 0 Å². The minimum Gasteiger partial charge on any atom is -0.204 e. The minimum atomic E-state index is -0.823. The van der Waals surface area contributed by atoms with Gasteiger partial charge in [-0.1, -0.05) is 42.5 Å². The van der Waals surface area contributed by atoms with E-state index in [0.717, 1.165) is 29.5 Å². The molecule has 0 atom stereocenters. The van der Waals surface area contributed by atoms with E-state index in [1.807, 2.05) is 30.3 Å². The van der Waals surface area contributed by atoms with Crippen LogP contribution in [0.4, 0.5) is 8.78 Å².